The zero-order valence-corrected chi connectivity index (χ0v) is 18.4. The smallest absolute Gasteiger partial charge is 0.344 e. The third-order valence-corrected chi connectivity index (χ3v) is 4.89. The van der Waals surface area contributed by atoms with Gasteiger partial charge in [-0.25, -0.2) is 9.59 Å². The summed E-state index contributed by atoms with van der Waals surface area (Å²) in [4.78, 5) is 24.2. The van der Waals surface area contributed by atoms with Crippen LogP contribution < -0.4 is 10.4 Å². The van der Waals surface area contributed by atoms with Crippen molar-refractivity contribution in [2.24, 2.45) is 0 Å². The highest BCUT2D eigenvalue weighted by Crippen LogP contribution is 2.24. The highest BCUT2D eigenvalue weighted by molar-refractivity contribution is 5.89. The van der Waals surface area contributed by atoms with Gasteiger partial charge in [0.2, 0.25) is 0 Å². The van der Waals surface area contributed by atoms with E-state index in [1.165, 1.54) is 0 Å². The maximum Gasteiger partial charge on any atom is 0.344 e. The molecule has 164 valence electrons. The summed E-state index contributed by atoms with van der Waals surface area (Å²) in [5.41, 5.74) is 3.41. The largest absolute Gasteiger partial charge is 0.494 e. The Hall–Kier alpha value is -3.86. The Kier molecular flexibility index (Phi) is 7.11. The Morgan fingerprint density at radius 2 is 1.69 bits per heavy atom. The lowest BCUT2D eigenvalue weighted by Gasteiger charge is -2.09. The zero-order valence-electron chi connectivity index (χ0n) is 18.4. The molecule has 2 aromatic carbocycles. The second kappa shape index (κ2) is 9.96. The molecule has 0 unspecified atom stereocenters. The Morgan fingerprint density at radius 1 is 0.969 bits per heavy atom. The highest BCUT2D eigenvalue weighted by Gasteiger charge is 2.10. The van der Waals surface area contributed by atoms with Gasteiger partial charge < -0.3 is 13.9 Å². The predicted molar refractivity (Wildman–Crippen MR) is 127 cm³/mol. The Bertz CT molecular complexity index is 1250. The third kappa shape index (κ3) is 5.64. The third-order valence-electron chi connectivity index (χ3n) is 4.89. The minimum Gasteiger partial charge on any atom is -0.494 e. The number of hydrogen-bond donors (Lipinski definition) is 0. The molecule has 0 aliphatic rings. The summed E-state index contributed by atoms with van der Waals surface area (Å²) in [6, 6.07) is 14.3. The van der Waals surface area contributed by atoms with E-state index in [1.807, 2.05) is 25.1 Å². The fourth-order valence-electron chi connectivity index (χ4n) is 3.00. The van der Waals surface area contributed by atoms with Crippen molar-refractivity contribution < 1.29 is 18.7 Å². The number of aryl methyl sites for hydroxylation is 1. The van der Waals surface area contributed by atoms with Gasteiger partial charge in [0.05, 0.1) is 12.2 Å². The van der Waals surface area contributed by atoms with Gasteiger partial charge in [-0.2, -0.15) is 0 Å². The molecule has 1 aromatic heterocycles. The monoisotopic (exact) mass is 430 g/mol. The van der Waals surface area contributed by atoms with Crippen LogP contribution in [0.2, 0.25) is 0 Å². The lowest BCUT2D eigenvalue weighted by atomic mass is 10.0. The molecule has 5 nitrogen and oxygen atoms in total. The van der Waals surface area contributed by atoms with Gasteiger partial charge in [0.25, 0.3) is 0 Å². The molecular weight excluding hydrogens is 404 g/mol. The van der Waals surface area contributed by atoms with E-state index >= 15 is 0 Å². The number of rotatable bonds is 9. The van der Waals surface area contributed by atoms with Crippen molar-refractivity contribution in [2.75, 3.05) is 6.61 Å². The van der Waals surface area contributed by atoms with Gasteiger partial charge in [0, 0.05) is 11.0 Å². The molecule has 0 radical (unpaired) electrons. The first-order valence-corrected chi connectivity index (χ1v) is 10.3. The summed E-state index contributed by atoms with van der Waals surface area (Å²) >= 11 is 0. The van der Waals surface area contributed by atoms with Crippen molar-refractivity contribution in [1.29, 1.82) is 0 Å². The number of hydrogen-bond acceptors (Lipinski definition) is 5. The topological polar surface area (TPSA) is 65.7 Å². The summed E-state index contributed by atoms with van der Waals surface area (Å²) < 4.78 is 16.3. The highest BCUT2D eigenvalue weighted by atomic mass is 16.5. The van der Waals surface area contributed by atoms with Gasteiger partial charge in [-0.3, -0.25) is 0 Å². The fourth-order valence-corrected chi connectivity index (χ4v) is 3.00. The molecule has 0 atom stereocenters. The van der Waals surface area contributed by atoms with Crippen LogP contribution in [0.4, 0.5) is 0 Å². The average Bonchev–Trinajstić information content (AvgIpc) is 2.76. The Balaban J connectivity index is 1.73. The number of fused-ring (bicyclic) bond motifs is 1. The fraction of sp³-hybridized carbons (Fsp3) is 0.185. The van der Waals surface area contributed by atoms with Crippen molar-refractivity contribution in [1.82, 2.24) is 0 Å². The van der Waals surface area contributed by atoms with Crippen LogP contribution in [0.3, 0.4) is 0 Å². The molecule has 0 aliphatic carbocycles. The van der Waals surface area contributed by atoms with Crippen LogP contribution in [0.15, 0.2) is 94.4 Å². The number of ether oxygens (including phenoxy) is 2. The van der Waals surface area contributed by atoms with E-state index in [9.17, 15) is 9.59 Å². The predicted octanol–water partition coefficient (Wildman–Crippen LogP) is 5.98. The summed E-state index contributed by atoms with van der Waals surface area (Å²) in [6.07, 6.45) is 1.59. The number of esters is 1. The Morgan fingerprint density at radius 3 is 2.34 bits per heavy atom. The van der Waals surface area contributed by atoms with Crippen LogP contribution in [0.5, 0.6) is 5.75 Å². The lowest BCUT2D eigenvalue weighted by Crippen LogP contribution is -2.08. The molecule has 3 aromatic rings. The number of benzene rings is 2. The molecule has 0 bridgehead atoms. The second-order valence-corrected chi connectivity index (χ2v) is 7.67. The first-order valence-electron chi connectivity index (χ1n) is 10.3. The molecule has 0 saturated heterocycles. The molecule has 1 heterocycles. The average molecular weight is 431 g/mol. The molecule has 3 rings (SSSR count). The van der Waals surface area contributed by atoms with E-state index in [0.29, 0.717) is 40.4 Å². The van der Waals surface area contributed by atoms with Crippen molar-refractivity contribution in [3.8, 4) is 16.9 Å². The number of carbonyl (C=O) groups excluding carboxylic acids is 1. The number of allylic oxidation sites excluding steroid dienone is 1. The molecule has 32 heavy (non-hydrogen) atoms. The normalized spacial score (nSPS) is 10.6. The molecular formula is C27H26O5. The van der Waals surface area contributed by atoms with Crippen molar-refractivity contribution >= 4 is 16.9 Å². The van der Waals surface area contributed by atoms with Crippen LogP contribution in [-0.2, 0) is 16.0 Å². The van der Waals surface area contributed by atoms with Crippen molar-refractivity contribution in [3.05, 3.63) is 101 Å². The van der Waals surface area contributed by atoms with Crippen LogP contribution in [0.1, 0.15) is 25.8 Å². The standard InChI is InChI=1S/C27H26O5/c1-17(2)19(5)30-14-6-7-20-8-9-22-16-24(27(29)32-25(22)15-20)21-10-12-23(13-11-21)31-26(28)18(3)4/h8-13,15-16H,1,3,5-7,14H2,2,4H3. The quantitative estimate of drug-likeness (QED) is 0.0795. The lowest BCUT2D eigenvalue weighted by molar-refractivity contribution is -0.130. The van der Waals surface area contributed by atoms with E-state index in [1.54, 1.807) is 37.3 Å². The SMILES string of the molecule is C=C(C)C(=C)OCCCc1ccc2cc(-c3ccc(OC(=O)C(=C)C)cc3)c(=O)oc2c1. The van der Waals surface area contributed by atoms with E-state index in [0.717, 1.165) is 29.4 Å². The first-order chi connectivity index (χ1) is 15.2. The molecule has 0 amide bonds. The maximum absolute atomic E-state index is 12.6. The van der Waals surface area contributed by atoms with Gasteiger partial charge in [-0.15, -0.1) is 0 Å². The van der Waals surface area contributed by atoms with Crippen LogP contribution in [-0.4, -0.2) is 12.6 Å². The molecule has 0 fully saturated rings. The minimum absolute atomic E-state index is 0.313. The van der Waals surface area contributed by atoms with Crippen molar-refractivity contribution in [2.45, 2.75) is 26.7 Å². The van der Waals surface area contributed by atoms with Crippen LogP contribution in [0, 0.1) is 0 Å². The van der Waals surface area contributed by atoms with E-state index in [4.69, 9.17) is 13.9 Å². The molecule has 0 aliphatic heterocycles. The van der Waals surface area contributed by atoms with Gasteiger partial charge >= 0.3 is 11.6 Å². The van der Waals surface area contributed by atoms with E-state index in [-0.39, 0.29) is 0 Å². The summed E-state index contributed by atoms with van der Waals surface area (Å²) in [6.45, 7) is 15.1. The second-order valence-electron chi connectivity index (χ2n) is 7.67. The number of carbonyl (C=O) groups is 1. The van der Waals surface area contributed by atoms with Gasteiger partial charge in [0.1, 0.15) is 17.1 Å². The maximum atomic E-state index is 12.6. The van der Waals surface area contributed by atoms with Gasteiger partial charge in [-0.1, -0.05) is 44.0 Å². The molecule has 0 spiro atoms. The first kappa shape index (κ1) is 22.8. The van der Waals surface area contributed by atoms with Gasteiger partial charge in [-0.05, 0) is 67.7 Å². The van der Waals surface area contributed by atoms with E-state index in [2.05, 4.69) is 19.7 Å². The molecule has 5 heteroatoms. The summed E-state index contributed by atoms with van der Waals surface area (Å²) in [5.74, 6) is 0.488. The zero-order chi connectivity index (χ0) is 23.3. The van der Waals surface area contributed by atoms with Gasteiger partial charge in [0.15, 0.2) is 0 Å². The summed E-state index contributed by atoms with van der Waals surface area (Å²) in [7, 11) is 0. The van der Waals surface area contributed by atoms with Crippen molar-refractivity contribution in [3.63, 3.8) is 0 Å². The minimum atomic E-state index is -0.494. The van der Waals surface area contributed by atoms with Crippen LogP contribution in [0.25, 0.3) is 22.1 Å². The Labute approximate surface area is 187 Å². The van der Waals surface area contributed by atoms with E-state index < -0.39 is 11.6 Å². The summed E-state index contributed by atoms with van der Waals surface area (Å²) in [5, 5.41) is 0.827. The molecule has 0 N–H and O–H groups in total. The molecule has 0 saturated carbocycles. The van der Waals surface area contributed by atoms with Crippen LogP contribution >= 0.6 is 0 Å².